The fourth-order valence-electron chi connectivity index (χ4n) is 0.849. The van der Waals surface area contributed by atoms with Crippen LogP contribution in [-0.2, 0) is 0 Å². The van der Waals surface area contributed by atoms with Crippen molar-refractivity contribution in [2.24, 2.45) is 0 Å². The number of rotatable bonds is 1. The zero-order valence-corrected chi connectivity index (χ0v) is 7.96. The summed E-state index contributed by atoms with van der Waals surface area (Å²) < 4.78 is 62.4. The molecule has 1 aromatic rings. The lowest BCUT2D eigenvalue weighted by Gasteiger charge is -2.06. The average molecular weight is 258 g/mol. The van der Waals surface area contributed by atoms with Gasteiger partial charge < -0.3 is 20.1 Å². The summed E-state index contributed by atoms with van der Waals surface area (Å²) in [7, 11) is -3.51. The number of benzene rings is 1. The Bertz CT molecular complexity index is 373. The van der Waals surface area contributed by atoms with Gasteiger partial charge >= 0.3 is 14.8 Å². The van der Waals surface area contributed by atoms with E-state index in [0.29, 0.717) is 0 Å². The largest absolute Gasteiger partial charge is 0.494 e. The molecule has 11 heteroatoms. The summed E-state index contributed by atoms with van der Waals surface area (Å²) in [6.45, 7) is 0. The van der Waals surface area contributed by atoms with Crippen LogP contribution in [0.2, 0.25) is 0 Å². The number of hydrogen-bond acceptors (Lipinski definition) is 4. The van der Waals surface area contributed by atoms with Gasteiger partial charge in [0.05, 0.1) is 5.46 Å². The van der Waals surface area contributed by atoms with Gasteiger partial charge in [-0.1, -0.05) is 0 Å². The Hall–Kier alpha value is -1.16. The molecule has 4 nitrogen and oxygen atoms in total. The molecule has 1 aromatic carbocycles. The molecule has 0 fully saturated rings. The third-order valence-corrected chi connectivity index (χ3v) is 1.50. The second kappa shape index (κ2) is 6.54. The van der Waals surface area contributed by atoms with Gasteiger partial charge in [0.1, 0.15) is 0 Å². The van der Waals surface area contributed by atoms with E-state index in [2.05, 4.69) is 0 Å². The minimum atomic E-state index is -2.76. The molecule has 94 valence electrons. The van der Waals surface area contributed by atoms with Crippen LogP contribution < -0.4 is 5.46 Å². The van der Waals surface area contributed by atoms with E-state index in [-0.39, 0.29) is 0 Å². The van der Waals surface area contributed by atoms with Crippen LogP contribution in [-0.4, -0.2) is 34.9 Å². The lowest BCUT2D eigenvalue weighted by atomic mass is 9.79. The highest BCUT2D eigenvalue weighted by molar-refractivity contribution is 6.58. The molecule has 0 radical (unpaired) electrons. The molecule has 0 bridgehead atoms. The molecule has 0 atom stereocenters. The first-order valence-electron chi connectivity index (χ1n) is 3.88. The normalized spacial score (nSPS) is 9.47. The minimum Gasteiger partial charge on any atom is -0.430 e. The number of hydrogen-bond donors (Lipinski definition) is 4. The van der Waals surface area contributed by atoms with Crippen molar-refractivity contribution in [3.05, 3.63) is 29.1 Å². The van der Waals surface area contributed by atoms with Crippen molar-refractivity contribution in [2.75, 3.05) is 0 Å². The van der Waals surface area contributed by atoms with E-state index in [1.807, 2.05) is 0 Å². The molecule has 0 saturated carbocycles. The van der Waals surface area contributed by atoms with Crippen LogP contribution in [0, 0.1) is 29.1 Å². The van der Waals surface area contributed by atoms with Crippen molar-refractivity contribution < 1.29 is 42.0 Å². The fraction of sp³-hybridized carbons (Fsp3) is 0. The maximum atomic E-state index is 12.6. The molecule has 4 N–H and O–H groups in total. The van der Waals surface area contributed by atoms with Crippen LogP contribution in [0.3, 0.4) is 0 Å². The Balaban J connectivity index is 0.000000770. The van der Waals surface area contributed by atoms with Gasteiger partial charge in [0.15, 0.2) is 29.1 Å². The van der Waals surface area contributed by atoms with E-state index >= 15 is 0 Å². The van der Waals surface area contributed by atoms with Gasteiger partial charge in [-0.15, -0.1) is 0 Å². The van der Waals surface area contributed by atoms with Gasteiger partial charge in [-0.2, -0.15) is 0 Å². The molecule has 0 heterocycles. The third-order valence-electron chi connectivity index (χ3n) is 1.50. The topological polar surface area (TPSA) is 80.9 Å². The van der Waals surface area contributed by atoms with Crippen LogP contribution in [0.15, 0.2) is 0 Å². The van der Waals surface area contributed by atoms with E-state index < -0.39 is 49.4 Å². The molecule has 0 aliphatic rings. The summed E-state index contributed by atoms with van der Waals surface area (Å²) in [6, 6.07) is 0. The molecule has 0 aliphatic carbocycles. The molecule has 0 saturated heterocycles. The summed E-state index contributed by atoms with van der Waals surface area (Å²) in [5.41, 5.74) is -1.67. The van der Waals surface area contributed by atoms with E-state index in [1.165, 1.54) is 0 Å². The summed E-state index contributed by atoms with van der Waals surface area (Å²) in [4.78, 5) is 0. The van der Waals surface area contributed by atoms with Crippen LogP contribution in [0.5, 0.6) is 0 Å². The summed E-state index contributed by atoms with van der Waals surface area (Å²) in [6.07, 6.45) is 0. The van der Waals surface area contributed by atoms with Crippen molar-refractivity contribution in [2.45, 2.75) is 0 Å². The average Bonchev–Trinajstić information content (AvgIpc) is 2.24. The molecular formula is C6H5B2F5O4. The molecule has 0 aliphatic heterocycles. The van der Waals surface area contributed by atoms with E-state index in [9.17, 15) is 22.0 Å². The lowest BCUT2D eigenvalue weighted by Crippen LogP contribution is -2.38. The first-order chi connectivity index (χ1) is 7.79. The molecular weight excluding hydrogens is 253 g/mol. The predicted molar refractivity (Wildman–Crippen MR) is 47.6 cm³/mol. The Morgan fingerprint density at radius 1 is 0.706 bits per heavy atom. The van der Waals surface area contributed by atoms with Crippen molar-refractivity contribution in [3.8, 4) is 0 Å². The van der Waals surface area contributed by atoms with Crippen LogP contribution >= 0.6 is 0 Å². The molecule has 1 rings (SSSR count). The quantitative estimate of drug-likeness (QED) is 0.209. The Morgan fingerprint density at radius 3 is 1.18 bits per heavy atom. The van der Waals surface area contributed by atoms with E-state index in [1.54, 1.807) is 0 Å². The smallest absolute Gasteiger partial charge is 0.430 e. The Morgan fingerprint density at radius 2 is 0.941 bits per heavy atom. The zero-order chi connectivity index (χ0) is 13.7. The second-order valence-electron chi connectivity index (χ2n) is 2.50. The second-order valence-corrected chi connectivity index (χ2v) is 2.50. The van der Waals surface area contributed by atoms with Gasteiger partial charge in [0.25, 0.3) is 0 Å². The first kappa shape index (κ1) is 15.8. The van der Waals surface area contributed by atoms with Crippen molar-refractivity contribution in [3.63, 3.8) is 0 Å². The van der Waals surface area contributed by atoms with E-state index in [4.69, 9.17) is 20.1 Å². The minimum absolute atomic E-state index is 0.750. The summed E-state index contributed by atoms with van der Waals surface area (Å²) >= 11 is 0. The van der Waals surface area contributed by atoms with Crippen LogP contribution in [0.25, 0.3) is 0 Å². The van der Waals surface area contributed by atoms with Crippen LogP contribution in [0.1, 0.15) is 0 Å². The van der Waals surface area contributed by atoms with Crippen LogP contribution in [0.4, 0.5) is 22.0 Å². The van der Waals surface area contributed by atoms with Gasteiger partial charge in [0, 0.05) is 0 Å². The highest BCUT2D eigenvalue weighted by Gasteiger charge is 2.31. The van der Waals surface area contributed by atoms with Gasteiger partial charge in [-0.25, -0.2) is 22.0 Å². The van der Waals surface area contributed by atoms with E-state index in [0.717, 1.165) is 0 Å². The third kappa shape index (κ3) is 3.40. The van der Waals surface area contributed by atoms with Crippen molar-refractivity contribution in [1.82, 2.24) is 0 Å². The number of halogens is 5. The van der Waals surface area contributed by atoms with Crippen molar-refractivity contribution >= 4 is 20.3 Å². The summed E-state index contributed by atoms with van der Waals surface area (Å²) in [5, 5.41) is 30.9. The van der Waals surface area contributed by atoms with Gasteiger partial charge in [0.2, 0.25) is 0 Å². The van der Waals surface area contributed by atoms with Gasteiger partial charge in [-0.3, -0.25) is 0 Å². The highest BCUT2D eigenvalue weighted by atomic mass is 19.2. The highest BCUT2D eigenvalue weighted by Crippen LogP contribution is 2.15. The standard InChI is InChI=1S/C6H2BF5O2.BH3O2/c8-2-1(7(13)14)3(9)5(11)6(12)4(2)10;2-1-3/h13-14H;1-3H. The van der Waals surface area contributed by atoms with Gasteiger partial charge in [-0.05, 0) is 0 Å². The molecule has 17 heavy (non-hydrogen) atoms. The molecule has 0 unspecified atom stereocenters. The molecule has 0 spiro atoms. The maximum Gasteiger partial charge on any atom is 0.494 e. The molecule has 0 amide bonds. The SMILES string of the molecule is OB(O)c1c(F)c(F)c(F)c(F)c1F.OBO. The zero-order valence-electron chi connectivity index (χ0n) is 7.96. The Kier molecular flexibility index (Phi) is 6.10. The molecule has 0 aromatic heterocycles. The monoisotopic (exact) mass is 258 g/mol. The van der Waals surface area contributed by atoms with Crippen molar-refractivity contribution in [1.29, 1.82) is 0 Å². The lowest BCUT2D eigenvalue weighted by molar-refractivity contribution is 0.373. The predicted octanol–water partition coefficient (Wildman–Crippen LogP) is -1.70. The maximum absolute atomic E-state index is 12.6. The first-order valence-corrected chi connectivity index (χ1v) is 3.88. The summed E-state index contributed by atoms with van der Waals surface area (Å²) in [5.74, 6) is -11.3. The Labute approximate surface area is 92.4 Å². The fourth-order valence-corrected chi connectivity index (χ4v) is 0.849.